The van der Waals surface area contributed by atoms with Crippen molar-refractivity contribution in [3.8, 4) is 0 Å². The molecule has 1 aliphatic carbocycles. The number of hydrogen-bond donors (Lipinski definition) is 0. The number of unbranched alkanes of at least 4 members (excludes halogenated alkanes) is 1. The second kappa shape index (κ2) is 6.30. The predicted molar refractivity (Wildman–Crippen MR) is 79.2 cm³/mol. The highest BCUT2D eigenvalue weighted by Gasteiger charge is 2.61. The van der Waals surface area contributed by atoms with Gasteiger partial charge in [-0.15, -0.1) is 6.58 Å². The minimum atomic E-state index is -0.668. The Balaban J connectivity index is 2.06. The number of fused-ring (bicyclic) bond motifs is 1. The first-order chi connectivity index (χ1) is 9.59. The molecule has 3 unspecified atom stereocenters. The Labute approximate surface area is 122 Å². The normalized spacial score (nSPS) is 33.7. The van der Waals surface area contributed by atoms with Crippen molar-refractivity contribution in [1.29, 1.82) is 0 Å². The van der Waals surface area contributed by atoms with Gasteiger partial charge in [0, 0.05) is 11.8 Å². The largest absolute Gasteiger partial charge is 0.432 e. The van der Waals surface area contributed by atoms with Crippen LogP contribution in [0.25, 0.3) is 0 Å². The van der Waals surface area contributed by atoms with Crippen LogP contribution in [-0.2, 0) is 14.3 Å². The van der Waals surface area contributed by atoms with E-state index in [0.717, 1.165) is 51.4 Å². The first kappa shape index (κ1) is 15.6. The molecule has 0 aromatic carbocycles. The molecule has 0 spiro atoms. The van der Waals surface area contributed by atoms with Crippen LogP contribution in [0.15, 0.2) is 12.7 Å². The standard InChI is InChI=1S/C17H28O3/c1-4-6-8-14(3)15(18)20-17-11-7-10-16(17,9-5-2)12-13-19-17/h5,14H,2,4,6-13H2,1,3H3. The topological polar surface area (TPSA) is 35.5 Å². The summed E-state index contributed by atoms with van der Waals surface area (Å²) in [7, 11) is 0. The Bertz CT molecular complexity index is 351. The molecule has 1 aliphatic heterocycles. The summed E-state index contributed by atoms with van der Waals surface area (Å²) >= 11 is 0. The zero-order chi connectivity index (χ0) is 14.6. The highest BCUT2D eigenvalue weighted by molar-refractivity contribution is 5.72. The van der Waals surface area contributed by atoms with Gasteiger partial charge < -0.3 is 9.47 Å². The number of carbonyl (C=O) groups excluding carboxylic acids is 1. The highest BCUT2D eigenvalue weighted by Crippen LogP contribution is 2.58. The SMILES string of the molecule is C=CCC12CCCC1(OC(=O)C(C)CCCC)OCC2. The van der Waals surface area contributed by atoms with Crippen LogP contribution in [0.4, 0.5) is 0 Å². The fraction of sp³-hybridized carbons (Fsp3) is 0.824. The molecule has 1 heterocycles. The molecule has 3 atom stereocenters. The predicted octanol–water partition coefficient (Wildman–Crippen LogP) is 4.22. The van der Waals surface area contributed by atoms with E-state index >= 15 is 0 Å². The van der Waals surface area contributed by atoms with Gasteiger partial charge in [-0.3, -0.25) is 4.79 Å². The molecule has 20 heavy (non-hydrogen) atoms. The molecule has 1 saturated carbocycles. The molecule has 0 aromatic heterocycles. The molecule has 0 N–H and O–H groups in total. The van der Waals surface area contributed by atoms with Crippen molar-refractivity contribution in [3.05, 3.63) is 12.7 Å². The van der Waals surface area contributed by atoms with E-state index < -0.39 is 5.79 Å². The van der Waals surface area contributed by atoms with Gasteiger partial charge in [-0.1, -0.05) is 32.8 Å². The molecule has 2 fully saturated rings. The molecular weight excluding hydrogens is 252 g/mol. The van der Waals surface area contributed by atoms with Crippen molar-refractivity contribution in [2.24, 2.45) is 11.3 Å². The maximum Gasteiger partial charge on any atom is 0.311 e. The summed E-state index contributed by atoms with van der Waals surface area (Å²) < 4.78 is 11.9. The summed E-state index contributed by atoms with van der Waals surface area (Å²) in [4.78, 5) is 12.4. The number of ether oxygens (including phenoxy) is 2. The summed E-state index contributed by atoms with van der Waals surface area (Å²) in [6, 6.07) is 0. The van der Waals surface area contributed by atoms with E-state index in [-0.39, 0.29) is 17.3 Å². The molecule has 0 aromatic rings. The zero-order valence-corrected chi connectivity index (χ0v) is 13.0. The van der Waals surface area contributed by atoms with Gasteiger partial charge in [0.1, 0.15) is 0 Å². The molecule has 1 saturated heterocycles. The van der Waals surface area contributed by atoms with Crippen molar-refractivity contribution < 1.29 is 14.3 Å². The number of esters is 1. The van der Waals surface area contributed by atoms with E-state index in [0.29, 0.717) is 6.61 Å². The van der Waals surface area contributed by atoms with Crippen LogP contribution in [0.2, 0.25) is 0 Å². The van der Waals surface area contributed by atoms with Crippen molar-refractivity contribution in [2.45, 2.75) is 71.0 Å². The minimum Gasteiger partial charge on any atom is -0.432 e. The van der Waals surface area contributed by atoms with Gasteiger partial charge in [0.15, 0.2) is 0 Å². The number of hydrogen-bond acceptors (Lipinski definition) is 3. The Hall–Kier alpha value is -0.830. The van der Waals surface area contributed by atoms with Gasteiger partial charge in [-0.05, 0) is 32.1 Å². The minimum absolute atomic E-state index is 0.0190. The van der Waals surface area contributed by atoms with Crippen molar-refractivity contribution >= 4 is 5.97 Å². The highest BCUT2D eigenvalue weighted by atomic mass is 16.7. The number of carbonyl (C=O) groups is 1. The zero-order valence-electron chi connectivity index (χ0n) is 13.0. The van der Waals surface area contributed by atoms with E-state index in [4.69, 9.17) is 9.47 Å². The molecule has 0 amide bonds. The van der Waals surface area contributed by atoms with E-state index in [1.165, 1.54) is 0 Å². The van der Waals surface area contributed by atoms with Crippen LogP contribution in [-0.4, -0.2) is 18.4 Å². The van der Waals surface area contributed by atoms with Gasteiger partial charge in [0.2, 0.25) is 5.79 Å². The summed E-state index contributed by atoms with van der Waals surface area (Å²) in [5.74, 6) is -0.787. The van der Waals surface area contributed by atoms with Crippen LogP contribution < -0.4 is 0 Å². The molecule has 0 radical (unpaired) electrons. The third-order valence-electron chi connectivity index (χ3n) is 5.08. The van der Waals surface area contributed by atoms with Crippen molar-refractivity contribution in [1.82, 2.24) is 0 Å². The van der Waals surface area contributed by atoms with Gasteiger partial charge >= 0.3 is 5.97 Å². The maximum atomic E-state index is 12.4. The second-order valence-corrected chi connectivity index (χ2v) is 6.44. The molecule has 2 rings (SSSR count). The first-order valence-electron chi connectivity index (χ1n) is 8.07. The van der Waals surface area contributed by atoms with Crippen LogP contribution in [0.5, 0.6) is 0 Å². The summed E-state index contributed by atoms with van der Waals surface area (Å²) in [5.41, 5.74) is -0.0190. The Kier molecular flexibility index (Phi) is 4.90. The van der Waals surface area contributed by atoms with Crippen molar-refractivity contribution in [2.75, 3.05) is 6.61 Å². The fourth-order valence-corrected chi connectivity index (χ4v) is 3.78. The fourth-order valence-electron chi connectivity index (χ4n) is 3.78. The summed E-state index contributed by atoms with van der Waals surface area (Å²) in [5, 5.41) is 0. The average Bonchev–Trinajstić information content (AvgIpc) is 2.90. The molecule has 0 bridgehead atoms. The third-order valence-corrected chi connectivity index (χ3v) is 5.08. The molecule has 2 aliphatic rings. The van der Waals surface area contributed by atoms with E-state index in [2.05, 4.69) is 13.5 Å². The summed E-state index contributed by atoms with van der Waals surface area (Å²) in [6.07, 6.45) is 9.89. The lowest BCUT2D eigenvalue weighted by molar-refractivity contribution is -0.242. The van der Waals surface area contributed by atoms with Gasteiger partial charge in [0.25, 0.3) is 0 Å². The average molecular weight is 280 g/mol. The van der Waals surface area contributed by atoms with Crippen LogP contribution >= 0.6 is 0 Å². The van der Waals surface area contributed by atoms with Crippen molar-refractivity contribution in [3.63, 3.8) is 0 Å². The molecular formula is C17H28O3. The lowest BCUT2D eigenvalue weighted by Gasteiger charge is -2.38. The smallest absolute Gasteiger partial charge is 0.311 e. The van der Waals surface area contributed by atoms with Crippen LogP contribution in [0.3, 0.4) is 0 Å². The summed E-state index contributed by atoms with van der Waals surface area (Å²) in [6.45, 7) is 8.68. The molecule has 114 valence electrons. The van der Waals surface area contributed by atoms with Gasteiger partial charge in [0.05, 0.1) is 12.5 Å². The molecule has 3 heteroatoms. The maximum absolute atomic E-state index is 12.4. The van der Waals surface area contributed by atoms with Gasteiger partial charge in [-0.2, -0.15) is 0 Å². The van der Waals surface area contributed by atoms with E-state index in [1.54, 1.807) is 0 Å². The van der Waals surface area contributed by atoms with Gasteiger partial charge in [-0.25, -0.2) is 0 Å². The quantitative estimate of drug-likeness (QED) is 0.517. The van der Waals surface area contributed by atoms with Crippen LogP contribution in [0.1, 0.15) is 65.2 Å². The van der Waals surface area contributed by atoms with Crippen LogP contribution in [0, 0.1) is 11.3 Å². The Morgan fingerprint density at radius 2 is 2.25 bits per heavy atom. The lowest BCUT2D eigenvalue weighted by Crippen LogP contribution is -2.45. The van der Waals surface area contributed by atoms with E-state index in [9.17, 15) is 4.79 Å². The lowest BCUT2D eigenvalue weighted by atomic mass is 9.77. The third kappa shape index (κ3) is 2.65. The number of rotatable bonds is 7. The monoisotopic (exact) mass is 280 g/mol. The Morgan fingerprint density at radius 1 is 1.45 bits per heavy atom. The number of allylic oxidation sites excluding steroid dienone is 1. The first-order valence-corrected chi connectivity index (χ1v) is 8.07. The molecule has 3 nitrogen and oxygen atoms in total. The Morgan fingerprint density at radius 3 is 2.95 bits per heavy atom. The second-order valence-electron chi connectivity index (χ2n) is 6.44. The van der Waals surface area contributed by atoms with E-state index in [1.807, 2.05) is 13.0 Å².